The van der Waals surface area contributed by atoms with Gasteiger partial charge in [0.25, 0.3) is 7.52 Å². The Morgan fingerprint density at radius 2 is 2.11 bits per heavy atom. The maximum absolute atomic E-state index is 13.4. The van der Waals surface area contributed by atoms with Crippen LogP contribution < -0.4 is 10.8 Å². The van der Waals surface area contributed by atoms with Crippen LogP contribution in [0.4, 0.5) is 5.82 Å². The maximum atomic E-state index is 13.4. The largest absolute Gasteiger partial charge is 0.465 e. The molecule has 1 fully saturated rings. The molecule has 0 spiro atoms. The van der Waals surface area contributed by atoms with Crippen molar-refractivity contribution in [3.8, 4) is 0 Å². The number of rotatable bonds is 11. The van der Waals surface area contributed by atoms with Crippen molar-refractivity contribution in [1.29, 1.82) is 0 Å². The van der Waals surface area contributed by atoms with Gasteiger partial charge in [0.2, 0.25) is 0 Å². The van der Waals surface area contributed by atoms with Crippen LogP contribution in [-0.2, 0) is 36.3 Å². The van der Waals surface area contributed by atoms with Gasteiger partial charge in [-0.3, -0.25) is 9.36 Å². The molecule has 3 atom stereocenters. The number of carbonyl (C=O) groups excluding carboxylic acids is 1. The van der Waals surface area contributed by atoms with Crippen LogP contribution in [0.2, 0.25) is 0 Å². The second kappa shape index (κ2) is 11.7. The molecule has 35 heavy (non-hydrogen) atoms. The number of esters is 1. The number of unbranched alkanes of at least 4 members (excludes halogenated alkanes) is 2. The maximum Gasteiger partial charge on any atom is 0.323 e. The van der Waals surface area contributed by atoms with Crippen molar-refractivity contribution < 1.29 is 23.4 Å². The van der Waals surface area contributed by atoms with Crippen LogP contribution in [0.1, 0.15) is 31.7 Å². The van der Waals surface area contributed by atoms with E-state index in [1.807, 2.05) is 30.3 Å². The van der Waals surface area contributed by atoms with Gasteiger partial charge in [0.05, 0.1) is 26.1 Å². The van der Waals surface area contributed by atoms with E-state index in [0.29, 0.717) is 36.6 Å². The van der Waals surface area contributed by atoms with Crippen molar-refractivity contribution >= 4 is 30.5 Å². The van der Waals surface area contributed by atoms with Gasteiger partial charge in [0.1, 0.15) is 30.3 Å². The van der Waals surface area contributed by atoms with Gasteiger partial charge in [-0.2, -0.15) is 0 Å². The molecule has 0 radical (unpaired) electrons. The number of anilines is 1. The minimum absolute atomic E-state index is 0.0775. The number of aromatic nitrogens is 4. The number of hydrogen-bond donors (Lipinski definition) is 2. The van der Waals surface area contributed by atoms with Gasteiger partial charge in [-0.15, -0.1) is 0 Å². The number of nitrogens with two attached hydrogens (primary N) is 1. The lowest BCUT2D eigenvalue weighted by atomic mass is 10.1. The Hall–Kier alpha value is -2.85. The molecule has 0 amide bonds. The van der Waals surface area contributed by atoms with Crippen LogP contribution in [-0.4, -0.2) is 57.2 Å². The summed E-state index contributed by atoms with van der Waals surface area (Å²) in [5.74, 6) is -0.151. The van der Waals surface area contributed by atoms with Crippen molar-refractivity contribution in [3.63, 3.8) is 0 Å². The Kier molecular flexibility index (Phi) is 8.46. The first-order valence-corrected chi connectivity index (χ1v) is 13.5. The Morgan fingerprint density at radius 3 is 2.86 bits per heavy atom. The highest BCUT2D eigenvalue weighted by molar-refractivity contribution is 7.56. The van der Waals surface area contributed by atoms with Gasteiger partial charge in [0, 0.05) is 0 Å². The number of nitrogens with zero attached hydrogens (tertiary/aromatic N) is 4. The van der Waals surface area contributed by atoms with Crippen molar-refractivity contribution in [2.24, 2.45) is 0 Å². The molecule has 1 aromatic carbocycles. The van der Waals surface area contributed by atoms with Crippen molar-refractivity contribution in [2.75, 3.05) is 25.3 Å². The molecule has 4 rings (SSSR count). The number of carbonyl (C=O) groups is 1. The minimum atomic E-state index is -3.43. The van der Waals surface area contributed by atoms with Gasteiger partial charge >= 0.3 is 5.97 Å². The first-order chi connectivity index (χ1) is 17.0. The summed E-state index contributed by atoms with van der Waals surface area (Å²) in [7, 11) is -3.43. The van der Waals surface area contributed by atoms with E-state index in [-0.39, 0.29) is 19.1 Å². The normalized spacial score (nSPS) is 21.1. The zero-order valence-electron chi connectivity index (χ0n) is 19.7. The minimum Gasteiger partial charge on any atom is -0.465 e. The fourth-order valence-electron chi connectivity index (χ4n) is 3.82. The quantitative estimate of drug-likeness (QED) is 0.228. The monoisotopic (exact) mass is 502 g/mol. The van der Waals surface area contributed by atoms with E-state index in [2.05, 4.69) is 27.0 Å². The second-order valence-electron chi connectivity index (χ2n) is 8.46. The fraction of sp³-hybridized carbons (Fsp3) is 0.478. The molecule has 3 N–H and O–H groups in total. The van der Waals surface area contributed by atoms with E-state index in [4.69, 9.17) is 19.7 Å². The molecule has 1 aliphatic heterocycles. The first-order valence-electron chi connectivity index (χ1n) is 11.7. The molecule has 0 aliphatic carbocycles. The van der Waals surface area contributed by atoms with Gasteiger partial charge in [-0.25, -0.2) is 20.0 Å². The molecule has 1 saturated heterocycles. The number of nitrogen functional groups attached to an aromatic ring is 1. The summed E-state index contributed by atoms with van der Waals surface area (Å²) in [4.78, 5) is 25.2. The van der Waals surface area contributed by atoms with Crippen molar-refractivity contribution in [1.82, 2.24) is 24.6 Å². The van der Waals surface area contributed by atoms with Crippen LogP contribution in [0.3, 0.4) is 0 Å². The van der Waals surface area contributed by atoms with E-state index in [1.165, 1.54) is 6.33 Å². The average molecular weight is 503 g/mol. The van der Waals surface area contributed by atoms with E-state index >= 15 is 0 Å². The number of hydrogen-bond acceptors (Lipinski definition) is 9. The second-order valence-corrected chi connectivity index (χ2v) is 10.6. The zero-order valence-corrected chi connectivity index (χ0v) is 20.6. The molecule has 3 aromatic rings. The SMILES string of the molecule is CCCCCOC(=O)[C@H](Cc1ccccc1)NP1(=O)COC(Cn2cnc3c(N)ncnc32)CO1. The number of fused-ring (bicyclic) bond motifs is 1. The van der Waals surface area contributed by atoms with Crippen LogP contribution in [0.5, 0.6) is 0 Å². The third-order valence-electron chi connectivity index (χ3n) is 5.69. The molecule has 188 valence electrons. The van der Waals surface area contributed by atoms with Crippen LogP contribution in [0, 0.1) is 0 Å². The third kappa shape index (κ3) is 6.64. The topological polar surface area (TPSA) is 143 Å². The highest BCUT2D eigenvalue weighted by Crippen LogP contribution is 2.46. The van der Waals surface area contributed by atoms with Crippen LogP contribution in [0.25, 0.3) is 11.2 Å². The zero-order chi connectivity index (χ0) is 24.7. The standard InChI is InChI=1S/C23H31N6O5P/c1-2-3-7-10-32-23(30)19(11-17-8-5-4-6-9-17)28-35(31)16-33-18(13-34-35)12-29-15-27-20-21(24)25-14-26-22(20)29/h4-6,8-9,14-15,18-19H,2-3,7,10-13,16H2,1H3,(H,28,31)(H2,24,25,26)/t18?,19-,35?/m0/s1. The molecule has 2 unspecified atom stereocenters. The lowest BCUT2D eigenvalue weighted by Crippen LogP contribution is -2.42. The summed E-state index contributed by atoms with van der Waals surface area (Å²) >= 11 is 0. The van der Waals surface area contributed by atoms with E-state index in [0.717, 1.165) is 24.8 Å². The fourth-order valence-corrected chi connectivity index (χ4v) is 5.53. The first kappa shape index (κ1) is 25.2. The summed E-state index contributed by atoms with van der Waals surface area (Å²) in [6.07, 6.45) is 5.56. The number of imidazole rings is 1. The molecule has 2 aromatic heterocycles. The highest BCUT2D eigenvalue weighted by Gasteiger charge is 2.37. The third-order valence-corrected chi connectivity index (χ3v) is 7.45. The average Bonchev–Trinajstić information content (AvgIpc) is 3.27. The van der Waals surface area contributed by atoms with Gasteiger partial charge < -0.3 is 24.3 Å². The summed E-state index contributed by atoms with van der Waals surface area (Å²) < 4.78 is 32.2. The number of benzene rings is 1. The Balaban J connectivity index is 1.37. The van der Waals surface area contributed by atoms with Gasteiger partial charge in [0.15, 0.2) is 11.5 Å². The molecule has 0 saturated carbocycles. The lowest BCUT2D eigenvalue weighted by molar-refractivity contribution is -0.145. The van der Waals surface area contributed by atoms with E-state index in [9.17, 15) is 9.36 Å². The van der Waals surface area contributed by atoms with Crippen LogP contribution in [0.15, 0.2) is 43.0 Å². The molecular weight excluding hydrogens is 471 g/mol. The smallest absolute Gasteiger partial charge is 0.323 e. The predicted octanol–water partition coefficient (Wildman–Crippen LogP) is 2.91. The lowest BCUT2D eigenvalue weighted by Gasteiger charge is -2.32. The summed E-state index contributed by atoms with van der Waals surface area (Å²) in [5.41, 5.74) is 7.86. The molecular formula is C23H31N6O5P. The summed E-state index contributed by atoms with van der Waals surface area (Å²) in [6, 6.07) is 8.69. The highest BCUT2D eigenvalue weighted by atomic mass is 31.2. The summed E-state index contributed by atoms with van der Waals surface area (Å²) in [5, 5.41) is 2.92. The Labute approximate surface area is 203 Å². The van der Waals surface area contributed by atoms with E-state index in [1.54, 1.807) is 10.9 Å². The molecule has 3 heterocycles. The van der Waals surface area contributed by atoms with E-state index < -0.39 is 19.5 Å². The molecule has 12 heteroatoms. The van der Waals surface area contributed by atoms with Gasteiger partial charge in [-0.05, 0) is 18.4 Å². The predicted molar refractivity (Wildman–Crippen MR) is 131 cm³/mol. The van der Waals surface area contributed by atoms with Crippen LogP contribution >= 0.6 is 7.52 Å². The summed E-state index contributed by atoms with van der Waals surface area (Å²) in [6.45, 7) is 2.88. The number of nitrogens with one attached hydrogen (secondary N) is 1. The molecule has 1 aliphatic rings. The molecule has 0 bridgehead atoms. The van der Waals surface area contributed by atoms with Crippen molar-refractivity contribution in [2.45, 2.75) is 51.3 Å². The van der Waals surface area contributed by atoms with Crippen molar-refractivity contribution in [3.05, 3.63) is 48.5 Å². The number of ether oxygens (including phenoxy) is 2. The Bertz CT molecular complexity index is 1160. The molecule has 11 nitrogen and oxygen atoms in total. The van der Waals surface area contributed by atoms with Gasteiger partial charge in [-0.1, -0.05) is 50.1 Å². The Morgan fingerprint density at radius 1 is 1.29 bits per heavy atom.